The molecule has 0 spiro atoms. The van der Waals surface area contributed by atoms with E-state index in [0.717, 1.165) is 17.1 Å². The van der Waals surface area contributed by atoms with Gasteiger partial charge in [0.15, 0.2) is 0 Å². The molecule has 1 rings (SSSR count). The van der Waals surface area contributed by atoms with Crippen LogP contribution >= 0.6 is 11.8 Å². The molecule has 96 valence electrons. The van der Waals surface area contributed by atoms with E-state index in [9.17, 15) is 5.11 Å². The molecule has 0 fully saturated rings. The van der Waals surface area contributed by atoms with Crippen molar-refractivity contribution in [3.8, 4) is 5.75 Å². The summed E-state index contributed by atoms with van der Waals surface area (Å²) < 4.78 is 10.5. The summed E-state index contributed by atoms with van der Waals surface area (Å²) in [5.74, 6) is 2.44. The zero-order chi connectivity index (χ0) is 12.5. The molecule has 0 radical (unpaired) electrons. The highest BCUT2D eigenvalue weighted by Crippen LogP contribution is 2.27. The second-order valence-corrected chi connectivity index (χ2v) is 4.87. The molecule has 1 N–H and O–H groups in total. The monoisotopic (exact) mass is 256 g/mol. The second-order valence-electron chi connectivity index (χ2n) is 3.55. The molecular weight excluding hydrogens is 236 g/mol. The van der Waals surface area contributed by atoms with E-state index in [1.807, 2.05) is 24.3 Å². The van der Waals surface area contributed by atoms with E-state index in [2.05, 4.69) is 6.92 Å². The predicted octanol–water partition coefficient (Wildman–Crippen LogP) is 2.50. The summed E-state index contributed by atoms with van der Waals surface area (Å²) in [6.07, 6.45) is -0.473. The van der Waals surface area contributed by atoms with E-state index in [-0.39, 0.29) is 0 Å². The Balaban J connectivity index is 2.62. The summed E-state index contributed by atoms with van der Waals surface area (Å²) in [5.41, 5.74) is 0.851. The van der Waals surface area contributed by atoms with Crippen LogP contribution in [0, 0.1) is 0 Å². The SMILES string of the molecule is CCSCC(O)c1ccccc1OCCOC. The number of aliphatic hydroxyl groups excluding tert-OH is 1. The number of hydrogen-bond acceptors (Lipinski definition) is 4. The molecule has 1 unspecified atom stereocenters. The lowest BCUT2D eigenvalue weighted by Gasteiger charge is -2.15. The highest BCUT2D eigenvalue weighted by molar-refractivity contribution is 7.99. The van der Waals surface area contributed by atoms with Crippen molar-refractivity contribution in [1.29, 1.82) is 0 Å². The molecule has 3 nitrogen and oxygen atoms in total. The summed E-state index contributed by atoms with van der Waals surface area (Å²) >= 11 is 1.72. The van der Waals surface area contributed by atoms with Gasteiger partial charge in [-0.25, -0.2) is 0 Å². The maximum absolute atomic E-state index is 10.1. The summed E-state index contributed by atoms with van der Waals surface area (Å²) in [5, 5.41) is 10.1. The fraction of sp³-hybridized carbons (Fsp3) is 0.538. The molecule has 0 amide bonds. The standard InChI is InChI=1S/C13H20O3S/c1-3-17-10-12(14)11-6-4-5-7-13(11)16-9-8-15-2/h4-7,12,14H,3,8-10H2,1-2H3. The molecule has 0 aliphatic rings. The van der Waals surface area contributed by atoms with Crippen molar-refractivity contribution in [3.05, 3.63) is 29.8 Å². The van der Waals surface area contributed by atoms with Crippen molar-refractivity contribution < 1.29 is 14.6 Å². The topological polar surface area (TPSA) is 38.7 Å². The first-order chi connectivity index (χ1) is 8.29. The molecule has 0 aliphatic heterocycles. The number of rotatable bonds is 8. The third kappa shape index (κ3) is 4.98. The molecule has 4 heteroatoms. The zero-order valence-corrected chi connectivity index (χ0v) is 11.2. The average molecular weight is 256 g/mol. The molecule has 1 atom stereocenters. The smallest absolute Gasteiger partial charge is 0.125 e. The first-order valence-corrected chi connectivity index (χ1v) is 6.91. The van der Waals surface area contributed by atoms with Gasteiger partial charge in [0, 0.05) is 18.4 Å². The van der Waals surface area contributed by atoms with Crippen LogP contribution in [0.3, 0.4) is 0 Å². The van der Waals surface area contributed by atoms with Crippen LogP contribution < -0.4 is 4.74 Å². The molecular formula is C13H20O3S. The van der Waals surface area contributed by atoms with E-state index >= 15 is 0 Å². The first kappa shape index (κ1) is 14.4. The lowest BCUT2D eigenvalue weighted by atomic mass is 10.1. The van der Waals surface area contributed by atoms with Gasteiger partial charge in [0.25, 0.3) is 0 Å². The van der Waals surface area contributed by atoms with Crippen LogP contribution in [0.2, 0.25) is 0 Å². The molecule has 0 heterocycles. The first-order valence-electron chi connectivity index (χ1n) is 5.76. The van der Waals surface area contributed by atoms with Crippen LogP contribution in [0.5, 0.6) is 5.75 Å². The van der Waals surface area contributed by atoms with Crippen molar-refractivity contribution in [2.45, 2.75) is 13.0 Å². The fourth-order valence-corrected chi connectivity index (χ4v) is 2.08. The fourth-order valence-electron chi connectivity index (χ4n) is 1.44. The third-order valence-corrected chi connectivity index (χ3v) is 3.26. The van der Waals surface area contributed by atoms with Gasteiger partial charge in [0.05, 0.1) is 12.7 Å². The molecule has 0 aromatic heterocycles. The van der Waals surface area contributed by atoms with Gasteiger partial charge in [-0.3, -0.25) is 0 Å². The van der Waals surface area contributed by atoms with Crippen LogP contribution in [-0.4, -0.2) is 36.9 Å². The summed E-state index contributed by atoms with van der Waals surface area (Å²) in [4.78, 5) is 0. The van der Waals surface area contributed by atoms with E-state index in [0.29, 0.717) is 19.0 Å². The minimum atomic E-state index is -0.473. The summed E-state index contributed by atoms with van der Waals surface area (Å²) in [7, 11) is 1.64. The minimum Gasteiger partial charge on any atom is -0.491 e. The lowest BCUT2D eigenvalue weighted by molar-refractivity contribution is 0.141. The van der Waals surface area contributed by atoms with E-state index in [4.69, 9.17) is 9.47 Å². The Kier molecular flexibility index (Phi) is 7.08. The Hall–Kier alpha value is -0.710. The van der Waals surface area contributed by atoms with Crippen molar-refractivity contribution >= 4 is 11.8 Å². The molecule has 17 heavy (non-hydrogen) atoms. The molecule has 0 aliphatic carbocycles. The summed E-state index contributed by atoms with van der Waals surface area (Å²) in [6.45, 7) is 3.13. The lowest BCUT2D eigenvalue weighted by Crippen LogP contribution is -2.08. The van der Waals surface area contributed by atoms with Crippen molar-refractivity contribution in [2.24, 2.45) is 0 Å². The van der Waals surface area contributed by atoms with Crippen LogP contribution in [0.15, 0.2) is 24.3 Å². The van der Waals surface area contributed by atoms with E-state index < -0.39 is 6.10 Å². The number of ether oxygens (including phenoxy) is 2. The second kappa shape index (κ2) is 8.39. The molecule has 0 saturated heterocycles. The molecule has 1 aromatic rings. The Bertz CT molecular complexity index is 317. The number of para-hydroxylation sites is 1. The molecule has 1 aromatic carbocycles. The van der Waals surface area contributed by atoms with E-state index in [1.165, 1.54) is 0 Å². The maximum Gasteiger partial charge on any atom is 0.125 e. The van der Waals surface area contributed by atoms with Gasteiger partial charge in [-0.2, -0.15) is 11.8 Å². The van der Waals surface area contributed by atoms with Gasteiger partial charge in [0.2, 0.25) is 0 Å². The van der Waals surface area contributed by atoms with Gasteiger partial charge >= 0.3 is 0 Å². The normalized spacial score (nSPS) is 12.4. The number of hydrogen-bond donors (Lipinski definition) is 1. The highest BCUT2D eigenvalue weighted by atomic mass is 32.2. The summed E-state index contributed by atoms with van der Waals surface area (Å²) in [6, 6.07) is 7.61. The third-order valence-electron chi connectivity index (χ3n) is 2.30. The largest absolute Gasteiger partial charge is 0.491 e. The number of thioether (sulfide) groups is 1. The average Bonchev–Trinajstić information content (AvgIpc) is 2.37. The highest BCUT2D eigenvalue weighted by Gasteiger charge is 2.12. The molecule has 0 bridgehead atoms. The van der Waals surface area contributed by atoms with Crippen molar-refractivity contribution in [3.63, 3.8) is 0 Å². The Morgan fingerprint density at radius 3 is 2.76 bits per heavy atom. The number of benzene rings is 1. The van der Waals surface area contributed by atoms with Crippen molar-refractivity contribution in [1.82, 2.24) is 0 Å². The van der Waals surface area contributed by atoms with Gasteiger partial charge in [-0.05, 0) is 11.8 Å². The van der Waals surface area contributed by atoms with E-state index in [1.54, 1.807) is 18.9 Å². The van der Waals surface area contributed by atoms with Crippen LogP contribution in [0.25, 0.3) is 0 Å². The van der Waals surface area contributed by atoms with Crippen LogP contribution in [0.4, 0.5) is 0 Å². The van der Waals surface area contributed by atoms with Gasteiger partial charge in [-0.15, -0.1) is 0 Å². The number of methoxy groups -OCH3 is 1. The van der Waals surface area contributed by atoms with Crippen LogP contribution in [-0.2, 0) is 4.74 Å². The zero-order valence-electron chi connectivity index (χ0n) is 10.4. The minimum absolute atomic E-state index is 0.473. The van der Waals surface area contributed by atoms with Crippen LogP contribution in [0.1, 0.15) is 18.6 Å². The Labute approximate surface area is 107 Å². The molecule has 0 saturated carbocycles. The number of aliphatic hydroxyl groups is 1. The van der Waals surface area contributed by atoms with Gasteiger partial charge in [0.1, 0.15) is 12.4 Å². The predicted molar refractivity (Wildman–Crippen MR) is 71.8 cm³/mol. The van der Waals surface area contributed by atoms with Gasteiger partial charge in [-0.1, -0.05) is 25.1 Å². The maximum atomic E-state index is 10.1. The Morgan fingerprint density at radius 2 is 2.06 bits per heavy atom. The quantitative estimate of drug-likeness (QED) is 0.725. The van der Waals surface area contributed by atoms with Gasteiger partial charge < -0.3 is 14.6 Å². The Morgan fingerprint density at radius 1 is 1.29 bits per heavy atom. The van der Waals surface area contributed by atoms with Crippen molar-refractivity contribution in [2.75, 3.05) is 31.8 Å².